The van der Waals surface area contributed by atoms with E-state index >= 15 is 0 Å². The molecule has 0 radical (unpaired) electrons. The van der Waals surface area contributed by atoms with Gasteiger partial charge in [-0.25, -0.2) is 4.79 Å². The fourth-order valence-corrected chi connectivity index (χ4v) is 4.19. The van der Waals surface area contributed by atoms with Gasteiger partial charge in [-0.2, -0.15) is 0 Å². The highest BCUT2D eigenvalue weighted by molar-refractivity contribution is 5.82. The molecule has 2 rings (SSSR count). The van der Waals surface area contributed by atoms with Crippen molar-refractivity contribution in [3.05, 3.63) is 12.2 Å². The molecular weight excluding hydrogens is 484 g/mol. The van der Waals surface area contributed by atoms with Crippen molar-refractivity contribution in [1.82, 2.24) is 0 Å². The number of aliphatic hydroxyl groups is 8. The average molecular weight is 525 g/mol. The molecule has 1 unspecified atom stereocenters. The van der Waals surface area contributed by atoms with Gasteiger partial charge in [-0.3, -0.25) is 4.74 Å². The van der Waals surface area contributed by atoms with Gasteiger partial charge in [0.15, 0.2) is 6.10 Å². The van der Waals surface area contributed by atoms with Crippen LogP contribution < -0.4 is 0 Å². The molecule has 0 saturated carbocycles. The van der Waals surface area contributed by atoms with Crippen molar-refractivity contribution in [2.75, 3.05) is 19.8 Å². The fourth-order valence-electron chi connectivity index (χ4n) is 4.19. The summed E-state index contributed by atoms with van der Waals surface area (Å²) in [5, 5.41) is 80.7. The van der Waals surface area contributed by atoms with E-state index in [1.54, 1.807) is 0 Å². The first kappa shape index (κ1) is 31.0. The maximum atomic E-state index is 12.6. The second-order valence-electron chi connectivity index (χ2n) is 9.09. The van der Waals surface area contributed by atoms with Crippen LogP contribution in [0.15, 0.2) is 12.2 Å². The smallest absolute Gasteiger partial charge is 0.362 e. The molecule has 2 heterocycles. The Labute approximate surface area is 209 Å². The van der Waals surface area contributed by atoms with Crippen molar-refractivity contribution in [2.24, 2.45) is 0 Å². The van der Waals surface area contributed by atoms with E-state index in [4.69, 9.17) is 18.9 Å². The third-order valence-corrected chi connectivity index (χ3v) is 6.35. The van der Waals surface area contributed by atoms with Crippen LogP contribution in [0, 0.1) is 0 Å². The maximum absolute atomic E-state index is 12.6. The van der Waals surface area contributed by atoms with Crippen molar-refractivity contribution >= 4 is 5.97 Å². The van der Waals surface area contributed by atoms with Gasteiger partial charge >= 0.3 is 11.9 Å². The number of carbonyl (C=O) groups excluding carboxylic acids is 1. The van der Waals surface area contributed by atoms with Crippen LogP contribution in [0.2, 0.25) is 0 Å². The Bertz CT molecular complexity index is 703. The van der Waals surface area contributed by atoms with Crippen LogP contribution in [0.3, 0.4) is 0 Å². The zero-order valence-corrected chi connectivity index (χ0v) is 20.4. The van der Waals surface area contributed by atoms with Gasteiger partial charge in [0.2, 0.25) is 5.79 Å². The SMILES string of the molecule is CCCCCCCC/C=C/C(=O)O[C@@]1(OC2(CO)O[C@H](CO)[C@@H](O)[C@@H]2O)O[C@H](CO)[C@@H](O)[C@H](O)[C@H]1O. The predicted octanol–water partition coefficient (Wildman–Crippen LogP) is -2.22. The Morgan fingerprint density at radius 1 is 0.833 bits per heavy atom. The second-order valence-corrected chi connectivity index (χ2v) is 9.09. The van der Waals surface area contributed by atoms with Crippen LogP contribution in [-0.2, 0) is 23.7 Å². The highest BCUT2D eigenvalue weighted by Gasteiger charge is 2.65. The van der Waals surface area contributed by atoms with Gasteiger partial charge in [-0.1, -0.05) is 45.1 Å². The number of rotatable bonds is 14. The number of esters is 1. The molecule has 9 atom stereocenters. The number of ether oxygens (including phenoxy) is 4. The van der Waals surface area contributed by atoms with Gasteiger partial charge in [0.1, 0.15) is 43.2 Å². The first-order valence-corrected chi connectivity index (χ1v) is 12.3. The van der Waals surface area contributed by atoms with Crippen LogP contribution in [0.4, 0.5) is 0 Å². The number of aliphatic hydroxyl groups excluding tert-OH is 8. The van der Waals surface area contributed by atoms with Crippen molar-refractivity contribution in [3.8, 4) is 0 Å². The Morgan fingerprint density at radius 3 is 2.03 bits per heavy atom. The molecule has 210 valence electrons. The predicted molar refractivity (Wildman–Crippen MR) is 121 cm³/mol. The maximum Gasteiger partial charge on any atom is 0.362 e. The Balaban J connectivity index is 2.23. The molecule has 0 aromatic carbocycles. The molecule has 8 N–H and O–H groups in total. The highest BCUT2D eigenvalue weighted by Crippen LogP contribution is 2.41. The topological polar surface area (TPSA) is 216 Å². The van der Waals surface area contributed by atoms with Crippen LogP contribution in [0.1, 0.15) is 51.9 Å². The molecule has 13 heteroatoms. The zero-order chi connectivity index (χ0) is 26.9. The Hall–Kier alpha value is -1.23. The van der Waals surface area contributed by atoms with E-state index in [1.165, 1.54) is 6.08 Å². The molecule has 0 aromatic heterocycles. The quantitative estimate of drug-likeness (QED) is 0.0524. The average Bonchev–Trinajstić information content (AvgIpc) is 3.11. The summed E-state index contributed by atoms with van der Waals surface area (Å²) in [6.45, 7) is -0.747. The van der Waals surface area contributed by atoms with E-state index in [9.17, 15) is 45.6 Å². The van der Waals surface area contributed by atoms with Crippen LogP contribution in [0.5, 0.6) is 0 Å². The molecule has 0 bridgehead atoms. The molecule has 2 aliphatic heterocycles. The van der Waals surface area contributed by atoms with Crippen LogP contribution >= 0.6 is 0 Å². The molecule has 2 saturated heterocycles. The van der Waals surface area contributed by atoms with Crippen molar-refractivity contribution in [1.29, 1.82) is 0 Å². The van der Waals surface area contributed by atoms with E-state index in [2.05, 4.69) is 6.92 Å². The fraction of sp³-hybridized carbons (Fsp3) is 0.870. The lowest BCUT2D eigenvalue weighted by atomic mass is 9.97. The number of unbranched alkanes of at least 4 members (excludes halogenated alkanes) is 6. The highest BCUT2D eigenvalue weighted by atomic mass is 16.9. The summed E-state index contributed by atoms with van der Waals surface area (Å²) in [7, 11) is 0. The normalized spacial score (nSPS) is 39.1. The molecule has 0 amide bonds. The Morgan fingerprint density at radius 2 is 1.44 bits per heavy atom. The van der Waals surface area contributed by atoms with Crippen LogP contribution in [-0.4, -0.2) is 121 Å². The monoisotopic (exact) mass is 524 g/mol. The van der Waals surface area contributed by atoms with E-state index < -0.39 is 80.3 Å². The molecule has 2 fully saturated rings. The van der Waals surface area contributed by atoms with E-state index in [0.717, 1.165) is 44.6 Å². The van der Waals surface area contributed by atoms with Crippen LogP contribution in [0.25, 0.3) is 0 Å². The minimum atomic E-state index is -3.00. The summed E-state index contributed by atoms with van der Waals surface area (Å²) in [5.41, 5.74) is 0. The minimum Gasteiger partial charge on any atom is -0.402 e. The lowest BCUT2D eigenvalue weighted by molar-refractivity contribution is -0.497. The Kier molecular flexibility index (Phi) is 12.1. The van der Waals surface area contributed by atoms with E-state index in [0.29, 0.717) is 6.42 Å². The van der Waals surface area contributed by atoms with E-state index in [-0.39, 0.29) is 0 Å². The summed E-state index contributed by atoms with van der Waals surface area (Å²) < 4.78 is 21.3. The number of allylic oxidation sites excluding steroid dienone is 1. The number of hydrogen-bond acceptors (Lipinski definition) is 13. The molecule has 0 aromatic rings. The molecule has 13 nitrogen and oxygen atoms in total. The molecular formula is C23H40O13. The number of hydrogen-bond donors (Lipinski definition) is 8. The molecule has 0 aliphatic carbocycles. The van der Waals surface area contributed by atoms with E-state index in [1.807, 2.05) is 0 Å². The second kappa shape index (κ2) is 14.1. The zero-order valence-electron chi connectivity index (χ0n) is 20.4. The lowest BCUT2D eigenvalue weighted by Crippen LogP contribution is -2.70. The van der Waals surface area contributed by atoms with Gasteiger partial charge in [-0.15, -0.1) is 0 Å². The van der Waals surface area contributed by atoms with Gasteiger partial charge in [0, 0.05) is 6.08 Å². The minimum absolute atomic E-state index is 0.547. The molecule has 0 spiro atoms. The van der Waals surface area contributed by atoms with Gasteiger partial charge in [0.25, 0.3) is 0 Å². The largest absolute Gasteiger partial charge is 0.402 e. The number of carbonyl (C=O) groups is 1. The van der Waals surface area contributed by atoms with Gasteiger partial charge in [0.05, 0.1) is 13.2 Å². The van der Waals surface area contributed by atoms with Crippen molar-refractivity contribution < 1.29 is 64.6 Å². The molecule has 36 heavy (non-hydrogen) atoms. The standard InChI is InChI=1S/C23H40O13/c1-2-3-4-5-6-7-8-9-10-16(27)35-23(21(32)19(30)17(28)14(11-24)34-23)36-22(13-26)20(31)18(29)15(12-25)33-22/h9-10,14-15,17-21,24-26,28-32H,2-8,11-13H2,1H3/b10-9+/t14-,15-,17-,18-,19+,20+,21-,22?,23+/m1/s1. The third kappa shape index (κ3) is 6.99. The summed E-state index contributed by atoms with van der Waals surface area (Å²) >= 11 is 0. The van der Waals surface area contributed by atoms with Gasteiger partial charge < -0.3 is 55.1 Å². The third-order valence-electron chi connectivity index (χ3n) is 6.35. The van der Waals surface area contributed by atoms with Crippen molar-refractivity contribution in [3.63, 3.8) is 0 Å². The molecule has 2 aliphatic rings. The van der Waals surface area contributed by atoms with Gasteiger partial charge in [-0.05, 0) is 12.8 Å². The summed E-state index contributed by atoms with van der Waals surface area (Å²) in [5.74, 6) is -6.69. The summed E-state index contributed by atoms with van der Waals surface area (Å²) in [4.78, 5) is 12.6. The summed E-state index contributed by atoms with van der Waals surface area (Å²) in [6, 6.07) is 0. The van der Waals surface area contributed by atoms with Crippen molar-refractivity contribution in [2.45, 2.75) is 106 Å². The first-order chi connectivity index (χ1) is 17.1. The lowest BCUT2D eigenvalue weighted by Gasteiger charge is -2.49. The summed E-state index contributed by atoms with van der Waals surface area (Å²) in [6.07, 6.45) is -3.65. The first-order valence-electron chi connectivity index (χ1n) is 12.3.